The number of hydrogen-bond donors (Lipinski definition) is 2. The summed E-state index contributed by atoms with van der Waals surface area (Å²) in [7, 11) is 1.66. The Hall–Kier alpha value is -2.49. The van der Waals surface area contributed by atoms with E-state index in [1.807, 2.05) is 49.4 Å². The number of aryl methyl sites for hydroxylation is 1. The molecule has 0 fully saturated rings. The smallest absolute Gasteiger partial charge is 0.224 e. The topological polar surface area (TPSA) is 50.4 Å². The number of ether oxygens (including phenoxy) is 1. The molecule has 0 bridgehead atoms. The van der Waals surface area contributed by atoms with Gasteiger partial charge in [0, 0.05) is 17.8 Å². The molecule has 2 aromatic rings. The summed E-state index contributed by atoms with van der Waals surface area (Å²) in [5.41, 5.74) is 3.84. The normalized spacial score (nSPS) is 10.2. The Bertz CT molecular complexity index is 651. The van der Waals surface area contributed by atoms with E-state index in [9.17, 15) is 4.79 Å². The second-order valence-corrected chi connectivity index (χ2v) is 5.56. The molecule has 0 aromatic heterocycles. The lowest BCUT2D eigenvalue weighted by Gasteiger charge is -2.12. The fourth-order valence-electron chi connectivity index (χ4n) is 2.27. The second-order valence-electron chi connectivity index (χ2n) is 5.56. The molecule has 1 amide bonds. The van der Waals surface area contributed by atoms with Gasteiger partial charge < -0.3 is 15.4 Å². The Balaban J connectivity index is 2.03. The van der Waals surface area contributed by atoms with Crippen LogP contribution in [0.25, 0.3) is 0 Å². The standard InChI is InChI=1S/C19H24N2O2/c1-4-5-6-19(22)21-16-10-8-15(9-11-16)20-17-13-14(2)7-12-18(17)23-3/h7-13,20H,4-6H2,1-3H3,(H,21,22). The number of hydrogen-bond acceptors (Lipinski definition) is 3. The molecule has 0 aliphatic heterocycles. The highest BCUT2D eigenvalue weighted by atomic mass is 16.5. The molecule has 0 spiro atoms. The van der Waals surface area contributed by atoms with Crippen molar-refractivity contribution in [2.24, 2.45) is 0 Å². The van der Waals surface area contributed by atoms with Gasteiger partial charge in [-0.05, 0) is 55.3 Å². The monoisotopic (exact) mass is 312 g/mol. The van der Waals surface area contributed by atoms with Crippen LogP contribution in [0.1, 0.15) is 31.7 Å². The summed E-state index contributed by atoms with van der Waals surface area (Å²) < 4.78 is 5.37. The number of rotatable bonds is 7. The summed E-state index contributed by atoms with van der Waals surface area (Å²) in [6.45, 7) is 4.12. The minimum absolute atomic E-state index is 0.0629. The SMILES string of the molecule is CCCCC(=O)Nc1ccc(Nc2cc(C)ccc2OC)cc1. The van der Waals surface area contributed by atoms with Crippen molar-refractivity contribution >= 4 is 23.0 Å². The third kappa shape index (κ3) is 5.02. The van der Waals surface area contributed by atoms with Crippen molar-refractivity contribution < 1.29 is 9.53 Å². The first-order chi connectivity index (χ1) is 11.1. The molecule has 4 nitrogen and oxygen atoms in total. The molecule has 0 atom stereocenters. The summed E-state index contributed by atoms with van der Waals surface area (Å²) in [6, 6.07) is 13.7. The molecule has 122 valence electrons. The minimum Gasteiger partial charge on any atom is -0.495 e. The molecule has 2 rings (SSSR count). The summed E-state index contributed by atoms with van der Waals surface area (Å²) >= 11 is 0. The molecule has 0 radical (unpaired) electrons. The van der Waals surface area contributed by atoms with Crippen molar-refractivity contribution in [2.75, 3.05) is 17.7 Å². The van der Waals surface area contributed by atoms with E-state index in [1.165, 1.54) is 0 Å². The van der Waals surface area contributed by atoms with Gasteiger partial charge in [0.2, 0.25) is 5.91 Å². The van der Waals surface area contributed by atoms with Crippen LogP contribution in [0, 0.1) is 6.92 Å². The van der Waals surface area contributed by atoms with Crippen LogP contribution in [-0.4, -0.2) is 13.0 Å². The van der Waals surface area contributed by atoms with Crippen LogP contribution in [0.5, 0.6) is 5.75 Å². The average Bonchev–Trinajstić information content (AvgIpc) is 2.55. The van der Waals surface area contributed by atoms with E-state index in [0.29, 0.717) is 6.42 Å². The van der Waals surface area contributed by atoms with Crippen LogP contribution in [0.2, 0.25) is 0 Å². The predicted octanol–water partition coefficient (Wildman–Crippen LogP) is 4.88. The van der Waals surface area contributed by atoms with E-state index in [0.717, 1.165) is 41.2 Å². The Labute approximate surface area is 137 Å². The molecule has 23 heavy (non-hydrogen) atoms. The number of nitrogens with one attached hydrogen (secondary N) is 2. The zero-order valence-electron chi connectivity index (χ0n) is 14.0. The van der Waals surface area contributed by atoms with E-state index >= 15 is 0 Å². The van der Waals surface area contributed by atoms with Crippen molar-refractivity contribution in [1.82, 2.24) is 0 Å². The van der Waals surface area contributed by atoms with Gasteiger partial charge in [0.1, 0.15) is 5.75 Å². The fraction of sp³-hybridized carbons (Fsp3) is 0.316. The van der Waals surface area contributed by atoms with Crippen molar-refractivity contribution in [3.05, 3.63) is 48.0 Å². The van der Waals surface area contributed by atoms with Crippen LogP contribution in [0.3, 0.4) is 0 Å². The molecular formula is C19H24N2O2. The summed E-state index contributed by atoms with van der Waals surface area (Å²) in [5.74, 6) is 0.862. The van der Waals surface area contributed by atoms with Gasteiger partial charge in [-0.25, -0.2) is 0 Å². The van der Waals surface area contributed by atoms with Crippen molar-refractivity contribution in [3.63, 3.8) is 0 Å². The van der Waals surface area contributed by atoms with Gasteiger partial charge in [-0.1, -0.05) is 19.4 Å². The largest absolute Gasteiger partial charge is 0.495 e. The molecule has 0 aliphatic carbocycles. The Morgan fingerprint density at radius 2 is 1.78 bits per heavy atom. The lowest BCUT2D eigenvalue weighted by Crippen LogP contribution is -2.10. The number of carbonyl (C=O) groups is 1. The molecule has 2 N–H and O–H groups in total. The second kappa shape index (κ2) is 8.22. The molecular weight excluding hydrogens is 288 g/mol. The van der Waals surface area contributed by atoms with Crippen molar-refractivity contribution in [3.8, 4) is 5.75 Å². The van der Waals surface area contributed by atoms with Gasteiger partial charge in [0.15, 0.2) is 0 Å². The van der Waals surface area contributed by atoms with Gasteiger partial charge in [-0.2, -0.15) is 0 Å². The first-order valence-electron chi connectivity index (χ1n) is 7.94. The average molecular weight is 312 g/mol. The van der Waals surface area contributed by atoms with E-state index in [-0.39, 0.29) is 5.91 Å². The zero-order chi connectivity index (χ0) is 16.7. The molecule has 0 heterocycles. The molecule has 0 aliphatic rings. The number of benzene rings is 2. The molecule has 0 saturated heterocycles. The van der Waals surface area contributed by atoms with Crippen LogP contribution >= 0.6 is 0 Å². The highest BCUT2D eigenvalue weighted by Gasteiger charge is 2.05. The number of unbranched alkanes of at least 4 members (excludes halogenated alkanes) is 1. The third-order valence-corrected chi connectivity index (χ3v) is 3.56. The van der Waals surface area contributed by atoms with E-state index in [4.69, 9.17) is 4.74 Å². The lowest BCUT2D eigenvalue weighted by molar-refractivity contribution is -0.116. The van der Waals surface area contributed by atoms with Crippen molar-refractivity contribution in [2.45, 2.75) is 33.1 Å². The van der Waals surface area contributed by atoms with Crippen LogP contribution in [0.4, 0.5) is 17.1 Å². The quantitative estimate of drug-likeness (QED) is 0.766. The van der Waals surface area contributed by atoms with Gasteiger partial charge in [0.05, 0.1) is 12.8 Å². The summed E-state index contributed by atoms with van der Waals surface area (Å²) in [6.07, 6.45) is 2.50. The molecule has 0 saturated carbocycles. The third-order valence-electron chi connectivity index (χ3n) is 3.56. The number of anilines is 3. The lowest BCUT2D eigenvalue weighted by atomic mass is 10.2. The van der Waals surface area contributed by atoms with Crippen molar-refractivity contribution in [1.29, 1.82) is 0 Å². The maximum absolute atomic E-state index is 11.7. The molecule has 0 unspecified atom stereocenters. The fourth-order valence-corrected chi connectivity index (χ4v) is 2.27. The van der Waals surface area contributed by atoms with Gasteiger partial charge in [-0.3, -0.25) is 4.79 Å². The Kier molecular flexibility index (Phi) is 6.03. The minimum atomic E-state index is 0.0629. The number of carbonyl (C=O) groups excluding carboxylic acids is 1. The van der Waals surface area contributed by atoms with Crippen LogP contribution in [-0.2, 0) is 4.79 Å². The van der Waals surface area contributed by atoms with Crippen LogP contribution in [0.15, 0.2) is 42.5 Å². The highest BCUT2D eigenvalue weighted by Crippen LogP contribution is 2.29. The number of amides is 1. The van der Waals surface area contributed by atoms with Gasteiger partial charge >= 0.3 is 0 Å². The Morgan fingerprint density at radius 3 is 2.43 bits per heavy atom. The van der Waals surface area contributed by atoms with E-state index in [2.05, 4.69) is 17.6 Å². The Morgan fingerprint density at radius 1 is 1.09 bits per heavy atom. The molecule has 4 heteroatoms. The van der Waals surface area contributed by atoms with E-state index < -0.39 is 0 Å². The van der Waals surface area contributed by atoms with Crippen LogP contribution < -0.4 is 15.4 Å². The zero-order valence-corrected chi connectivity index (χ0v) is 14.0. The van der Waals surface area contributed by atoms with Gasteiger partial charge in [0.25, 0.3) is 0 Å². The summed E-state index contributed by atoms with van der Waals surface area (Å²) in [4.78, 5) is 11.7. The first kappa shape index (κ1) is 16.9. The first-order valence-corrected chi connectivity index (χ1v) is 7.94. The maximum atomic E-state index is 11.7. The van der Waals surface area contributed by atoms with E-state index in [1.54, 1.807) is 7.11 Å². The van der Waals surface area contributed by atoms with Gasteiger partial charge in [-0.15, -0.1) is 0 Å². The summed E-state index contributed by atoms with van der Waals surface area (Å²) in [5, 5.41) is 6.25. The number of methoxy groups -OCH3 is 1. The molecule has 2 aromatic carbocycles. The predicted molar refractivity (Wildman–Crippen MR) is 95.6 cm³/mol. The maximum Gasteiger partial charge on any atom is 0.224 e. The highest BCUT2D eigenvalue weighted by molar-refractivity contribution is 5.90.